The maximum absolute atomic E-state index is 8.60. The van der Waals surface area contributed by atoms with E-state index in [1.165, 1.54) is 0 Å². The Bertz CT molecular complexity index is 304. The quantitative estimate of drug-likeness (QED) is 0.266. The highest BCUT2D eigenvalue weighted by molar-refractivity contribution is 5.80. The zero-order chi connectivity index (χ0) is 13.0. The highest BCUT2D eigenvalue weighted by atomic mass is 16.5. The van der Waals surface area contributed by atoms with Crippen molar-refractivity contribution < 1.29 is 9.94 Å². The summed E-state index contributed by atoms with van der Waals surface area (Å²) in [6, 6.07) is 0. The Morgan fingerprint density at radius 2 is 2.39 bits per heavy atom. The lowest BCUT2D eigenvalue weighted by Gasteiger charge is -2.30. The van der Waals surface area contributed by atoms with Gasteiger partial charge in [-0.1, -0.05) is 5.16 Å². The van der Waals surface area contributed by atoms with Crippen LogP contribution in [0.1, 0.15) is 19.3 Å². The number of oxime groups is 1. The van der Waals surface area contributed by atoms with E-state index >= 15 is 0 Å². The first-order chi connectivity index (χ1) is 8.63. The maximum atomic E-state index is 8.60. The van der Waals surface area contributed by atoms with Crippen molar-refractivity contribution in [3.8, 4) is 0 Å². The number of hydrogen-bond donors (Lipinski definition) is 3. The smallest absolute Gasteiger partial charge is 0.139 e. The van der Waals surface area contributed by atoms with Gasteiger partial charge < -0.3 is 25.9 Å². The van der Waals surface area contributed by atoms with Crippen LogP contribution in [0.3, 0.4) is 0 Å². The molecule has 0 aromatic carbocycles. The molecule has 0 radical (unpaired) electrons. The van der Waals surface area contributed by atoms with Gasteiger partial charge in [0.15, 0.2) is 0 Å². The summed E-state index contributed by atoms with van der Waals surface area (Å²) < 4.78 is 5.69. The van der Waals surface area contributed by atoms with Crippen LogP contribution in [0.5, 0.6) is 0 Å². The van der Waals surface area contributed by atoms with Crippen molar-refractivity contribution >= 4 is 5.84 Å². The number of ether oxygens (including phenoxy) is 1. The van der Waals surface area contributed by atoms with Crippen LogP contribution in [0.15, 0.2) is 5.16 Å². The van der Waals surface area contributed by atoms with Gasteiger partial charge in [0, 0.05) is 32.6 Å². The van der Waals surface area contributed by atoms with Crippen LogP contribution < -0.4 is 11.1 Å². The van der Waals surface area contributed by atoms with Gasteiger partial charge in [-0.25, -0.2) is 0 Å². The molecule has 18 heavy (non-hydrogen) atoms. The molecule has 1 unspecified atom stereocenters. The van der Waals surface area contributed by atoms with Crippen LogP contribution in [0.2, 0.25) is 0 Å². The van der Waals surface area contributed by atoms with Gasteiger partial charge in [-0.3, -0.25) is 0 Å². The average molecular weight is 256 g/mol. The lowest BCUT2D eigenvalue weighted by atomic mass is 10.0. The average Bonchev–Trinajstić information content (AvgIpc) is 3.09. The number of nitrogens with zero attached hydrogens (tertiary/aromatic N) is 2. The Kier molecular flexibility index (Phi) is 4.42. The molecule has 104 valence electrons. The first-order valence-electron chi connectivity index (χ1n) is 6.61. The molecule has 0 amide bonds. The molecule has 0 aromatic heterocycles. The standard InChI is InChI=1S/C12H24N4O2/c1-16-4-5-18-10(8-16)7-14-9-12(2-3-12)6-11(13)15-17/h10,14,17H,2-9H2,1H3,(H2,13,15). The molecule has 6 heteroatoms. The van der Waals surface area contributed by atoms with Gasteiger partial charge in [0.05, 0.1) is 12.7 Å². The summed E-state index contributed by atoms with van der Waals surface area (Å²) in [7, 11) is 2.12. The van der Waals surface area contributed by atoms with Crippen LogP contribution in [0.25, 0.3) is 0 Å². The van der Waals surface area contributed by atoms with E-state index in [1.807, 2.05) is 0 Å². The number of nitrogens with two attached hydrogens (primary N) is 1. The number of amidine groups is 1. The molecular formula is C12H24N4O2. The van der Waals surface area contributed by atoms with Gasteiger partial charge >= 0.3 is 0 Å². The number of likely N-dealkylation sites (N-methyl/N-ethyl adjacent to an activating group) is 1. The van der Waals surface area contributed by atoms with E-state index in [9.17, 15) is 0 Å². The fraction of sp³-hybridized carbons (Fsp3) is 0.917. The Morgan fingerprint density at radius 3 is 3.00 bits per heavy atom. The Balaban J connectivity index is 1.66. The molecule has 0 aromatic rings. The lowest BCUT2D eigenvalue weighted by Crippen LogP contribution is -2.45. The summed E-state index contributed by atoms with van der Waals surface area (Å²) in [5.74, 6) is 0.336. The predicted molar refractivity (Wildman–Crippen MR) is 69.8 cm³/mol. The molecule has 2 aliphatic rings. The Hall–Kier alpha value is -0.850. The highest BCUT2D eigenvalue weighted by Gasteiger charge is 2.43. The Morgan fingerprint density at radius 1 is 1.61 bits per heavy atom. The van der Waals surface area contributed by atoms with Gasteiger partial charge in [0.1, 0.15) is 5.84 Å². The van der Waals surface area contributed by atoms with Crippen molar-refractivity contribution in [1.29, 1.82) is 0 Å². The summed E-state index contributed by atoms with van der Waals surface area (Å²) in [5.41, 5.74) is 5.79. The first-order valence-corrected chi connectivity index (χ1v) is 6.61. The van der Waals surface area contributed by atoms with Gasteiger partial charge in [-0.2, -0.15) is 0 Å². The van der Waals surface area contributed by atoms with Crippen molar-refractivity contribution in [2.75, 3.05) is 39.8 Å². The van der Waals surface area contributed by atoms with Gasteiger partial charge in [-0.15, -0.1) is 0 Å². The number of hydrogen-bond acceptors (Lipinski definition) is 5. The summed E-state index contributed by atoms with van der Waals surface area (Å²) >= 11 is 0. The van der Waals surface area contributed by atoms with E-state index in [0.29, 0.717) is 12.3 Å². The third-order valence-corrected chi connectivity index (χ3v) is 3.86. The van der Waals surface area contributed by atoms with E-state index < -0.39 is 0 Å². The minimum absolute atomic E-state index is 0.219. The minimum Gasteiger partial charge on any atom is -0.409 e. The van der Waals surface area contributed by atoms with Crippen molar-refractivity contribution in [3.63, 3.8) is 0 Å². The molecule has 2 rings (SSSR count). The summed E-state index contributed by atoms with van der Waals surface area (Å²) in [6.45, 7) is 4.62. The van der Waals surface area contributed by atoms with E-state index in [1.54, 1.807) is 0 Å². The van der Waals surface area contributed by atoms with Gasteiger partial charge in [-0.05, 0) is 25.3 Å². The van der Waals surface area contributed by atoms with Crippen LogP contribution >= 0.6 is 0 Å². The molecule has 1 saturated heterocycles. The van der Waals surface area contributed by atoms with Gasteiger partial charge in [0.2, 0.25) is 0 Å². The van der Waals surface area contributed by atoms with Crippen LogP contribution in [0, 0.1) is 5.41 Å². The second-order valence-electron chi connectivity index (χ2n) is 5.65. The number of nitrogens with one attached hydrogen (secondary N) is 1. The number of morpholine rings is 1. The molecular weight excluding hydrogens is 232 g/mol. The van der Waals surface area contributed by atoms with Crippen molar-refractivity contribution in [3.05, 3.63) is 0 Å². The van der Waals surface area contributed by atoms with Crippen LogP contribution in [-0.2, 0) is 4.74 Å². The second kappa shape index (κ2) is 5.86. The normalized spacial score (nSPS) is 28.3. The molecule has 0 bridgehead atoms. The Labute approximate surface area is 108 Å². The third-order valence-electron chi connectivity index (χ3n) is 3.86. The zero-order valence-corrected chi connectivity index (χ0v) is 11.1. The molecule has 6 nitrogen and oxygen atoms in total. The molecule has 1 aliphatic carbocycles. The van der Waals surface area contributed by atoms with E-state index in [-0.39, 0.29) is 11.5 Å². The predicted octanol–water partition coefficient (Wildman–Crippen LogP) is -0.177. The zero-order valence-electron chi connectivity index (χ0n) is 11.1. The second-order valence-corrected chi connectivity index (χ2v) is 5.65. The topological polar surface area (TPSA) is 83.1 Å². The van der Waals surface area contributed by atoms with Crippen LogP contribution in [-0.4, -0.2) is 61.9 Å². The first kappa shape index (κ1) is 13.6. The molecule has 4 N–H and O–H groups in total. The molecule has 1 atom stereocenters. The van der Waals surface area contributed by atoms with Crippen molar-refractivity contribution in [2.24, 2.45) is 16.3 Å². The number of rotatable bonds is 6. The molecule has 0 spiro atoms. The largest absolute Gasteiger partial charge is 0.409 e. The molecule has 1 heterocycles. The van der Waals surface area contributed by atoms with Gasteiger partial charge in [0.25, 0.3) is 0 Å². The lowest BCUT2D eigenvalue weighted by molar-refractivity contribution is -0.0184. The summed E-state index contributed by atoms with van der Waals surface area (Å²) in [6.07, 6.45) is 3.27. The third kappa shape index (κ3) is 3.83. The van der Waals surface area contributed by atoms with E-state index in [0.717, 1.165) is 45.6 Å². The maximum Gasteiger partial charge on any atom is 0.139 e. The van der Waals surface area contributed by atoms with Crippen LogP contribution in [0.4, 0.5) is 0 Å². The molecule has 2 fully saturated rings. The molecule has 1 saturated carbocycles. The SMILES string of the molecule is CN1CCOC(CNCC2(CC(N)=NO)CC2)C1. The fourth-order valence-corrected chi connectivity index (χ4v) is 2.50. The minimum atomic E-state index is 0.219. The molecule has 1 aliphatic heterocycles. The monoisotopic (exact) mass is 256 g/mol. The fourth-order valence-electron chi connectivity index (χ4n) is 2.50. The van der Waals surface area contributed by atoms with Crippen molar-refractivity contribution in [1.82, 2.24) is 10.2 Å². The van der Waals surface area contributed by atoms with Crippen molar-refractivity contribution in [2.45, 2.75) is 25.4 Å². The van der Waals surface area contributed by atoms with E-state index in [2.05, 4.69) is 22.4 Å². The summed E-state index contributed by atoms with van der Waals surface area (Å²) in [4.78, 5) is 2.29. The summed E-state index contributed by atoms with van der Waals surface area (Å²) in [5, 5.41) is 15.1. The van der Waals surface area contributed by atoms with E-state index in [4.69, 9.17) is 15.7 Å². The highest BCUT2D eigenvalue weighted by Crippen LogP contribution is 2.48.